The quantitative estimate of drug-likeness (QED) is 0.809. The Kier molecular flexibility index (Phi) is 4.03. The van der Waals surface area contributed by atoms with E-state index in [9.17, 15) is 9.59 Å². The summed E-state index contributed by atoms with van der Waals surface area (Å²) >= 11 is 0. The summed E-state index contributed by atoms with van der Waals surface area (Å²) in [6, 6.07) is 9.37. The van der Waals surface area contributed by atoms with E-state index in [4.69, 9.17) is 0 Å². The average Bonchev–Trinajstić information content (AvgIpc) is 2.26. The van der Waals surface area contributed by atoms with Gasteiger partial charge >= 0.3 is 0 Å². The Morgan fingerprint density at radius 1 is 1.27 bits per heavy atom. The van der Waals surface area contributed by atoms with Gasteiger partial charge in [0.2, 0.25) is 5.91 Å². The lowest BCUT2D eigenvalue weighted by atomic mass is 9.92. The van der Waals surface area contributed by atoms with Crippen LogP contribution in [0.4, 0.5) is 0 Å². The van der Waals surface area contributed by atoms with Crippen LogP contribution in [0.15, 0.2) is 30.3 Å². The summed E-state index contributed by atoms with van der Waals surface area (Å²) in [5.74, 6) is -0.421. The van der Waals surface area contributed by atoms with Gasteiger partial charge in [-0.25, -0.2) is 0 Å². The van der Waals surface area contributed by atoms with Crippen molar-refractivity contribution in [2.45, 2.75) is 19.3 Å². The monoisotopic (exact) mass is 205 g/mol. The van der Waals surface area contributed by atoms with Crippen LogP contribution >= 0.6 is 0 Å². The largest absolute Gasteiger partial charge is 0.359 e. The number of rotatable bonds is 4. The maximum Gasteiger partial charge on any atom is 0.220 e. The number of ketones is 1. The fourth-order valence-electron chi connectivity index (χ4n) is 1.47. The van der Waals surface area contributed by atoms with Gasteiger partial charge in [0.15, 0.2) is 0 Å². The van der Waals surface area contributed by atoms with Crippen molar-refractivity contribution in [1.29, 1.82) is 0 Å². The second kappa shape index (κ2) is 5.29. The average molecular weight is 205 g/mol. The third-order valence-corrected chi connectivity index (χ3v) is 2.36. The number of carbonyl (C=O) groups is 2. The second-order valence-electron chi connectivity index (χ2n) is 3.45. The topological polar surface area (TPSA) is 46.2 Å². The van der Waals surface area contributed by atoms with Crippen LogP contribution in [0.5, 0.6) is 0 Å². The number of hydrogen-bond donors (Lipinski definition) is 1. The maximum absolute atomic E-state index is 11.4. The van der Waals surface area contributed by atoms with Crippen LogP contribution in [0.3, 0.4) is 0 Å². The molecule has 1 amide bonds. The highest BCUT2D eigenvalue weighted by Crippen LogP contribution is 2.20. The molecule has 0 fully saturated rings. The molecule has 3 nitrogen and oxygen atoms in total. The van der Waals surface area contributed by atoms with Gasteiger partial charge in [0, 0.05) is 13.5 Å². The zero-order chi connectivity index (χ0) is 11.3. The summed E-state index contributed by atoms with van der Waals surface area (Å²) in [6.07, 6.45) is 0.218. The van der Waals surface area contributed by atoms with Gasteiger partial charge < -0.3 is 5.32 Å². The molecule has 0 aliphatic carbocycles. The molecule has 0 bridgehead atoms. The SMILES string of the molecule is CNC(=O)CC(C(C)=O)c1ccccc1. The summed E-state index contributed by atoms with van der Waals surface area (Å²) < 4.78 is 0. The van der Waals surface area contributed by atoms with Crippen LogP contribution in [0.25, 0.3) is 0 Å². The molecule has 0 aliphatic heterocycles. The molecule has 1 aromatic carbocycles. The number of amides is 1. The van der Waals surface area contributed by atoms with Crippen LogP contribution in [0.2, 0.25) is 0 Å². The van der Waals surface area contributed by atoms with Gasteiger partial charge in [-0.05, 0) is 12.5 Å². The number of hydrogen-bond acceptors (Lipinski definition) is 2. The summed E-state index contributed by atoms with van der Waals surface area (Å²) in [6.45, 7) is 1.51. The molecule has 0 saturated carbocycles. The lowest BCUT2D eigenvalue weighted by Gasteiger charge is -2.12. The number of benzene rings is 1. The maximum atomic E-state index is 11.4. The van der Waals surface area contributed by atoms with Crippen molar-refractivity contribution in [3.8, 4) is 0 Å². The van der Waals surface area contributed by atoms with Crippen molar-refractivity contribution in [2.24, 2.45) is 0 Å². The Balaban J connectivity index is 2.84. The smallest absolute Gasteiger partial charge is 0.220 e. The number of Topliss-reactive ketones (excluding diaryl/α,β-unsaturated/α-hetero) is 1. The van der Waals surface area contributed by atoms with E-state index >= 15 is 0 Å². The number of nitrogens with one attached hydrogen (secondary N) is 1. The Morgan fingerprint density at radius 3 is 2.33 bits per heavy atom. The van der Waals surface area contributed by atoms with Crippen molar-refractivity contribution >= 4 is 11.7 Å². The molecule has 1 rings (SSSR count). The molecule has 3 heteroatoms. The summed E-state index contributed by atoms with van der Waals surface area (Å²) in [5.41, 5.74) is 0.897. The third-order valence-electron chi connectivity index (χ3n) is 2.36. The predicted octanol–water partition coefficient (Wildman–Crippen LogP) is 1.50. The van der Waals surface area contributed by atoms with E-state index in [0.29, 0.717) is 0 Å². The molecule has 1 atom stereocenters. The minimum absolute atomic E-state index is 0.0183. The Hall–Kier alpha value is -1.64. The highest BCUT2D eigenvalue weighted by molar-refractivity contribution is 5.89. The van der Waals surface area contributed by atoms with Crippen LogP contribution in [-0.4, -0.2) is 18.7 Å². The molecule has 1 aromatic rings. The normalized spacial score (nSPS) is 11.9. The zero-order valence-corrected chi connectivity index (χ0v) is 8.99. The third kappa shape index (κ3) is 3.20. The van der Waals surface area contributed by atoms with E-state index < -0.39 is 0 Å². The van der Waals surface area contributed by atoms with E-state index in [-0.39, 0.29) is 24.0 Å². The molecular weight excluding hydrogens is 190 g/mol. The summed E-state index contributed by atoms with van der Waals surface area (Å²) in [5, 5.41) is 2.53. The van der Waals surface area contributed by atoms with E-state index in [1.165, 1.54) is 6.92 Å². The van der Waals surface area contributed by atoms with Gasteiger partial charge in [0.25, 0.3) is 0 Å². The van der Waals surface area contributed by atoms with Gasteiger partial charge in [-0.15, -0.1) is 0 Å². The highest BCUT2D eigenvalue weighted by atomic mass is 16.2. The van der Waals surface area contributed by atoms with Crippen LogP contribution in [-0.2, 0) is 9.59 Å². The molecule has 15 heavy (non-hydrogen) atoms. The molecule has 0 aliphatic rings. The van der Waals surface area contributed by atoms with Crippen molar-refractivity contribution in [2.75, 3.05) is 7.05 Å². The molecule has 0 saturated heterocycles. The van der Waals surface area contributed by atoms with Crippen LogP contribution in [0.1, 0.15) is 24.8 Å². The predicted molar refractivity (Wildman–Crippen MR) is 58.5 cm³/mol. The minimum Gasteiger partial charge on any atom is -0.359 e. The molecule has 0 spiro atoms. The van der Waals surface area contributed by atoms with E-state index in [0.717, 1.165) is 5.56 Å². The zero-order valence-electron chi connectivity index (χ0n) is 8.99. The van der Waals surface area contributed by atoms with Gasteiger partial charge in [-0.3, -0.25) is 9.59 Å². The Bertz CT molecular complexity index is 346. The molecule has 80 valence electrons. The lowest BCUT2D eigenvalue weighted by molar-refractivity contribution is -0.125. The number of carbonyl (C=O) groups excluding carboxylic acids is 2. The lowest BCUT2D eigenvalue weighted by Crippen LogP contribution is -2.23. The molecular formula is C12H15NO2. The fraction of sp³-hybridized carbons (Fsp3) is 0.333. The van der Waals surface area contributed by atoms with Crippen molar-refractivity contribution in [3.63, 3.8) is 0 Å². The van der Waals surface area contributed by atoms with E-state index in [1.807, 2.05) is 30.3 Å². The summed E-state index contributed by atoms with van der Waals surface area (Å²) in [7, 11) is 1.57. The first-order chi connectivity index (χ1) is 7.15. The Labute approximate surface area is 89.5 Å². The van der Waals surface area contributed by atoms with E-state index in [1.54, 1.807) is 7.05 Å². The minimum atomic E-state index is -0.328. The van der Waals surface area contributed by atoms with Crippen molar-refractivity contribution < 1.29 is 9.59 Å². The van der Waals surface area contributed by atoms with Crippen LogP contribution in [0, 0.1) is 0 Å². The first-order valence-electron chi connectivity index (χ1n) is 4.91. The first-order valence-corrected chi connectivity index (χ1v) is 4.91. The van der Waals surface area contributed by atoms with Gasteiger partial charge in [-0.1, -0.05) is 30.3 Å². The standard InChI is InChI=1S/C12H15NO2/c1-9(14)11(8-12(15)13-2)10-6-4-3-5-7-10/h3-7,11H,8H2,1-2H3,(H,13,15). The van der Waals surface area contributed by atoms with E-state index in [2.05, 4.69) is 5.32 Å². The molecule has 0 aromatic heterocycles. The summed E-state index contributed by atoms with van der Waals surface area (Å²) in [4.78, 5) is 22.7. The molecule has 1 N–H and O–H groups in total. The van der Waals surface area contributed by atoms with Gasteiger partial charge in [-0.2, -0.15) is 0 Å². The van der Waals surface area contributed by atoms with Crippen LogP contribution < -0.4 is 5.32 Å². The molecule has 0 radical (unpaired) electrons. The molecule has 0 heterocycles. The fourth-order valence-corrected chi connectivity index (χ4v) is 1.47. The Morgan fingerprint density at radius 2 is 1.87 bits per heavy atom. The highest BCUT2D eigenvalue weighted by Gasteiger charge is 2.19. The van der Waals surface area contributed by atoms with Crippen molar-refractivity contribution in [3.05, 3.63) is 35.9 Å². The first kappa shape index (κ1) is 11.4. The second-order valence-corrected chi connectivity index (χ2v) is 3.45. The molecule has 1 unspecified atom stereocenters. The van der Waals surface area contributed by atoms with Gasteiger partial charge in [0.1, 0.15) is 5.78 Å². The van der Waals surface area contributed by atoms with Crippen molar-refractivity contribution in [1.82, 2.24) is 5.32 Å². The van der Waals surface area contributed by atoms with Gasteiger partial charge in [0.05, 0.1) is 5.92 Å².